The van der Waals surface area contributed by atoms with Crippen molar-refractivity contribution in [3.05, 3.63) is 216 Å². The van der Waals surface area contributed by atoms with E-state index in [2.05, 4.69) is 318 Å². The van der Waals surface area contributed by atoms with Crippen LogP contribution >= 0.6 is 0 Å². The monoisotopic (exact) mass is 1050 g/mol. The van der Waals surface area contributed by atoms with Gasteiger partial charge >= 0.3 is 0 Å². The number of hydrogen-bond donors (Lipinski definition) is 0. The summed E-state index contributed by atoms with van der Waals surface area (Å²) in [6.45, 7) is 34.8. The first-order chi connectivity index (χ1) is 37.8. The smallest absolute Gasteiger partial charge is 0.252 e. The molecule has 0 aliphatic carbocycles. The zero-order valence-electron chi connectivity index (χ0n) is 50.3. The SMILES string of the molecule is Cn1c2ccccc2c2cc(N(c3ccc(C(C)(C)C)cc3)c3ccc(C(C)(C)C)cc3)cc(N3c4ccc(C(C)(C)C)cc4B4c5cc(C(C)(C)C)ccc5N(c5ccc(C(C)(C)C)cc5)c5cc(-c6ccccc6)cc3c54)c21. The molecular weight excluding hydrogens is 968 g/mol. The third kappa shape index (κ3) is 9.02. The van der Waals surface area contributed by atoms with Crippen LogP contribution in [-0.2, 0) is 34.1 Å². The van der Waals surface area contributed by atoms with Crippen LogP contribution in [0.25, 0.3) is 32.9 Å². The van der Waals surface area contributed by atoms with Gasteiger partial charge in [-0.1, -0.05) is 213 Å². The van der Waals surface area contributed by atoms with E-state index >= 15 is 0 Å². The van der Waals surface area contributed by atoms with Gasteiger partial charge in [0.05, 0.1) is 11.2 Å². The lowest BCUT2D eigenvalue weighted by atomic mass is 9.33. The summed E-state index contributed by atoms with van der Waals surface area (Å²) in [4.78, 5) is 7.74. The summed E-state index contributed by atoms with van der Waals surface area (Å²) in [6.07, 6.45) is 0. The molecule has 0 radical (unpaired) electrons. The molecule has 0 atom stereocenters. The van der Waals surface area contributed by atoms with Gasteiger partial charge in [-0.15, -0.1) is 0 Å². The van der Waals surface area contributed by atoms with E-state index in [-0.39, 0.29) is 33.8 Å². The molecule has 2 aliphatic rings. The Morgan fingerprint density at radius 1 is 0.338 bits per heavy atom. The Kier molecular flexibility index (Phi) is 12.3. The van der Waals surface area contributed by atoms with Crippen molar-refractivity contribution in [1.29, 1.82) is 0 Å². The van der Waals surface area contributed by atoms with E-state index in [1.807, 2.05) is 0 Å². The first-order valence-corrected chi connectivity index (χ1v) is 29.0. The molecule has 402 valence electrons. The maximum absolute atomic E-state index is 2.66. The number of aryl methyl sites for hydroxylation is 1. The summed E-state index contributed by atoms with van der Waals surface area (Å²) in [7, 11) is 2.27. The number of fused-ring (bicyclic) bond motifs is 7. The average Bonchev–Trinajstić information content (AvgIpc) is 1.49. The van der Waals surface area contributed by atoms with Crippen LogP contribution in [0.4, 0.5) is 51.2 Å². The number of para-hydroxylation sites is 1. The van der Waals surface area contributed by atoms with Gasteiger partial charge < -0.3 is 19.3 Å². The van der Waals surface area contributed by atoms with E-state index in [0.29, 0.717) is 0 Å². The van der Waals surface area contributed by atoms with Crippen LogP contribution in [0.3, 0.4) is 0 Å². The van der Waals surface area contributed by atoms with Crippen LogP contribution in [0.2, 0.25) is 0 Å². The van der Waals surface area contributed by atoms with E-state index in [1.54, 1.807) is 0 Å². The van der Waals surface area contributed by atoms with Gasteiger partial charge in [-0.2, -0.15) is 0 Å². The molecule has 0 N–H and O–H groups in total. The van der Waals surface area contributed by atoms with Crippen LogP contribution in [0.15, 0.2) is 188 Å². The number of aromatic nitrogens is 1. The molecule has 0 amide bonds. The van der Waals surface area contributed by atoms with E-state index in [9.17, 15) is 0 Å². The van der Waals surface area contributed by atoms with Crippen molar-refractivity contribution in [2.45, 2.75) is 131 Å². The highest BCUT2D eigenvalue weighted by molar-refractivity contribution is 7.00. The molecule has 0 fully saturated rings. The van der Waals surface area contributed by atoms with Crippen molar-refractivity contribution in [3.63, 3.8) is 0 Å². The molecule has 9 aromatic carbocycles. The Labute approximate surface area is 477 Å². The summed E-state index contributed by atoms with van der Waals surface area (Å²) < 4.78 is 2.45. The van der Waals surface area contributed by atoms with Gasteiger partial charge in [0, 0.05) is 68.8 Å². The number of nitrogens with zero attached hydrogens (tertiary/aromatic N) is 4. The van der Waals surface area contributed by atoms with Gasteiger partial charge in [-0.25, -0.2) is 0 Å². The Morgan fingerprint density at radius 3 is 1.27 bits per heavy atom. The topological polar surface area (TPSA) is 14.7 Å². The fourth-order valence-corrected chi connectivity index (χ4v) is 12.6. The second kappa shape index (κ2) is 18.7. The zero-order valence-corrected chi connectivity index (χ0v) is 50.3. The highest BCUT2D eigenvalue weighted by atomic mass is 15.2. The van der Waals surface area contributed by atoms with E-state index < -0.39 is 0 Å². The lowest BCUT2D eigenvalue weighted by Crippen LogP contribution is -2.61. The highest BCUT2D eigenvalue weighted by Gasteiger charge is 2.45. The van der Waals surface area contributed by atoms with Gasteiger partial charge in [-0.3, -0.25) is 0 Å². The van der Waals surface area contributed by atoms with E-state index in [0.717, 1.165) is 28.4 Å². The predicted molar refractivity (Wildman–Crippen MR) is 348 cm³/mol. The Hall–Kier alpha value is -7.76. The summed E-state index contributed by atoms with van der Waals surface area (Å²) >= 11 is 0. The molecule has 3 heterocycles. The second-order valence-corrected chi connectivity index (χ2v) is 28.1. The molecule has 12 rings (SSSR count). The number of rotatable bonds is 6. The average molecular weight is 1050 g/mol. The van der Waals surface area contributed by atoms with Gasteiger partial charge in [-0.05, 0) is 161 Å². The first kappa shape index (κ1) is 52.9. The van der Waals surface area contributed by atoms with Crippen molar-refractivity contribution in [1.82, 2.24) is 4.57 Å². The van der Waals surface area contributed by atoms with E-state index in [1.165, 1.54) is 99.9 Å². The molecular formula is C75H79BN4. The van der Waals surface area contributed by atoms with Crippen LogP contribution in [-0.4, -0.2) is 11.3 Å². The fraction of sp³-hybridized carbons (Fsp3) is 0.280. The third-order valence-corrected chi connectivity index (χ3v) is 17.3. The predicted octanol–water partition coefficient (Wildman–Crippen LogP) is 19.0. The van der Waals surface area contributed by atoms with Crippen LogP contribution in [0.1, 0.15) is 132 Å². The maximum Gasteiger partial charge on any atom is 0.252 e. The molecule has 0 unspecified atom stereocenters. The number of anilines is 9. The molecule has 2 aliphatic heterocycles. The molecule has 0 spiro atoms. The number of benzene rings is 9. The van der Waals surface area contributed by atoms with Crippen LogP contribution in [0, 0.1) is 0 Å². The minimum absolute atomic E-state index is 0.00677. The minimum atomic E-state index is -0.0969. The molecule has 1 aromatic heterocycles. The Balaban J connectivity index is 1.23. The molecule has 0 bridgehead atoms. The first-order valence-electron chi connectivity index (χ1n) is 29.0. The van der Waals surface area contributed by atoms with Crippen molar-refractivity contribution in [2.24, 2.45) is 7.05 Å². The fourth-order valence-electron chi connectivity index (χ4n) is 12.6. The molecule has 0 saturated heterocycles. The van der Waals surface area contributed by atoms with Crippen molar-refractivity contribution in [3.8, 4) is 11.1 Å². The highest BCUT2D eigenvalue weighted by Crippen LogP contribution is 2.51. The Bertz CT molecular complexity index is 3960. The molecule has 10 aromatic rings. The van der Waals surface area contributed by atoms with Gasteiger partial charge in [0.1, 0.15) is 0 Å². The maximum atomic E-state index is 2.66. The lowest BCUT2D eigenvalue weighted by Gasteiger charge is -2.45. The van der Waals surface area contributed by atoms with Crippen molar-refractivity contribution >= 4 is 96.1 Å². The largest absolute Gasteiger partial charge is 0.342 e. The van der Waals surface area contributed by atoms with Crippen LogP contribution in [0.5, 0.6) is 0 Å². The Morgan fingerprint density at radius 2 is 0.775 bits per heavy atom. The van der Waals surface area contributed by atoms with Crippen molar-refractivity contribution < 1.29 is 0 Å². The van der Waals surface area contributed by atoms with Gasteiger partial charge in [0.25, 0.3) is 6.71 Å². The molecule has 4 nitrogen and oxygen atoms in total. The van der Waals surface area contributed by atoms with Gasteiger partial charge in [0.15, 0.2) is 0 Å². The third-order valence-electron chi connectivity index (χ3n) is 17.3. The number of hydrogen-bond acceptors (Lipinski definition) is 3. The van der Waals surface area contributed by atoms with Crippen LogP contribution < -0.4 is 31.1 Å². The lowest BCUT2D eigenvalue weighted by molar-refractivity contribution is 0.590. The van der Waals surface area contributed by atoms with Gasteiger partial charge in [0.2, 0.25) is 0 Å². The standard InChI is InChI=1S/C75H79BN4/c1-71(2,3)50-26-34-55(35-27-50)78(56-36-28-51(29-37-56)72(4,5)6)58-46-60-59-24-20-21-25-63(59)77(16)70(60)68(47-58)80-65-41-33-54(75(13,14)15)45-62(65)76-61-44-53(74(10,11)12)32-40-64(61)79(57-38-30-52(31-39-57)73(7,8)9)66-42-49(43-67(80)69(66)76)48-22-18-17-19-23-48/h17-47H,1-16H3. The second-order valence-electron chi connectivity index (χ2n) is 28.1. The minimum Gasteiger partial charge on any atom is -0.342 e. The molecule has 0 saturated carbocycles. The normalized spacial score (nSPS) is 13.7. The van der Waals surface area contributed by atoms with E-state index in [4.69, 9.17) is 0 Å². The molecule has 80 heavy (non-hydrogen) atoms. The zero-order chi connectivity index (χ0) is 56.6. The molecule has 5 heteroatoms. The summed E-state index contributed by atoms with van der Waals surface area (Å²) in [6, 6.07) is 72.7. The summed E-state index contributed by atoms with van der Waals surface area (Å²) in [5.74, 6) is 0. The summed E-state index contributed by atoms with van der Waals surface area (Å²) in [5.41, 5.74) is 25.5. The quantitative estimate of drug-likeness (QED) is 0.154. The van der Waals surface area contributed by atoms with Crippen molar-refractivity contribution in [2.75, 3.05) is 14.7 Å². The summed E-state index contributed by atoms with van der Waals surface area (Å²) in [5, 5.41) is 2.44.